The van der Waals surface area contributed by atoms with E-state index in [2.05, 4.69) is 33.9 Å². The maximum Gasteiger partial charge on any atom is 0.271 e. The van der Waals surface area contributed by atoms with E-state index >= 15 is 0 Å². The lowest BCUT2D eigenvalue weighted by atomic mass is 10.0. The number of hydrogen-bond acceptors (Lipinski definition) is 4. The third kappa shape index (κ3) is 4.56. The predicted molar refractivity (Wildman–Crippen MR) is 110 cm³/mol. The first-order valence-electron chi connectivity index (χ1n) is 8.78. The molecule has 1 amide bonds. The maximum absolute atomic E-state index is 11.3. The smallest absolute Gasteiger partial charge is 0.271 e. The molecule has 0 radical (unpaired) electrons. The Kier molecular flexibility index (Phi) is 5.73. The fraction of sp³-hybridized carbons (Fsp3) is 0.130. The molecule has 3 aromatic rings. The molecule has 0 fully saturated rings. The first-order valence-corrected chi connectivity index (χ1v) is 8.78. The molecular weight excluding hydrogens is 350 g/mol. The van der Waals surface area contributed by atoms with E-state index in [0.29, 0.717) is 5.56 Å². The Bertz CT molecular complexity index is 1040. The van der Waals surface area contributed by atoms with Gasteiger partial charge >= 0.3 is 0 Å². The largest absolute Gasteiger partial charge is 0.505 e. The average Bonchev–Trinajstić information content (AvgIpc) is 2.67. The Morgan fingerprint density at radius 3 is 2.11 bits per heavy atom. The number of pyridine rings is 1. The average molecular weight is 371 g/mol. The van der Waals surface area contributed by atoms with Gasteiger partial charge in [0.25, 0.3) is 5.91 Å². The van der Waals surface area contributed by atoms with E-state index in [-0.39, 0.29) is 11.4 Å². The molecule has 0 aliphatic heterocycles. The lowest BCUT2D eigenvalue weighted by Crippen LogP contribution is -2.13. The normalized spacial score (nSPS) is 10.4. The van der Waals surface area contributed by atoms with Crippen molar-refractivity contribution in [2.24, 2.45) is 5.73 Å². The minimum absolute atomic E-state index is 0.140. The Labute approximate surface area is 164 Å². The van der Waals surface area contributed by atoms with Crippen molar-refractivity contribution in [2.45, 2.75) is 6.54 Å². The first-order chi connectivity index (χ1) is 13.4. The Balaban J connectivity index is 1.78. The minimum atomic E-state index is -0.765. The molecule has 0 bridgehead atoms. The van der Waals surface area contributed by atoms with E-state index in [0.717, 1.165) is 23.2 Å². The van der Waals surface area contributed by atoms with Crippen LogP contribution in [0.4, 0.5) is 0 Å². The van der Waals surface area contributed by atoms with Crippen LogP contribution in [-0.4, -0.2) is 35.0 Å². The van der Waals surface area contributed by atoms with Gasteiger partial charge in [-0.2, -0.15) is 0 Å². The van der Waals surface area contributed by atoms with Gasteiger partial charge in [0.1, 0.15) is 0 Å². The van der Waals surface area contributed by atoms with Crippen molar-refractivity contribution < 1.29 is 9.90 Å². The number of nitrogens with two attached hydrogens (primary N) is 1. The molecule has 0 aliphatic carbocycles. The zero-order chi connectivity index (χ0) is 20.1. The maximum atomic E-state index is 11.3. The molecule has 5 heteroatoms. The topological polar surface area (TPSA) is 79.5 Å². The van der Waals surface area contributed by atoms with Crippen molar-refractivity contribution in [3.63, 3.8) is 0 Å². The zero-order valence-corrected chi connectivity index (χ0v) is 15.8. The van der Waals surface area contributed by atoms with Crippen LogP contribution in [0.25, 0.3) is 11.1 Å². The highest BCUT2D eigenvalue weighted by Crippen LogP contribution is 2.30. The summed E-state index contributed by atoms with van der Waals surface area (Å²) in [7, 11) is 4.08. The summed E-state index contributed by atoms with van der Waals surface area (Å²) in [6, 6.07) is 17.2. The van der Waals surface area contributed by atoms with Gasteiger partial charge in [-0.1, -0.05) is 36.1 Å². The van der Waals surface area contributed by atoms with Crippen LogP contribution in [0.1, 0.15) is 27.2 Å². The molecule has 0 saturated heterocycles. The van der Waals surface area contributed by atoms with Gasteiger partial charge in [-0.15, -0.1) is 0 Å². The first kappa shape index (κ1) is 19.2. The van der Waals surface area contributed by atoms with E-state index in [1.807, 2.05) is 50.5 Å². The Hall–Kier alpha value is -3.62. The molecule has 0 spiro atoms. The van der Waals surface area contributed by atoms with Crippen molar-refractivity contribution in [1.82, 2.24) is 9.88 Å². The number of carbonyl (C=O) groups excluding carboxylic acids is 1. The van der Waals surface area contributed by atoms with Gasteiger partial charge in [-0.3, -0.25) is 4.79 Å². The zero-order valence-electron chi connectivity index (χ0n) is 15.8. The van der Waals surface area contributed by atoms with Crippen molar-refractivity contribution >= 4 is 5.91 Å². The summed E-state index contributed by atoms with van der Waals surface area (Å²) >= 11 is 0. The lowest BCUT2D eigenvalue weighted by Gasteiger charge is -2.08. The predicted octanol–water partition coefficient (Wildman–Crippen LogP) is 3.01. The summed E-state index contributed by atoms with van der Waals surface area (Å²) in [5.74, 6) is 5.31. The van der Waals surface area contributed by atoms with Crippen LogP contribution in [0.5, 0.6) is 5.75 Å². The molecule has 5 nitrogen and oxygen atoms in total. The molecule has 140 valence electrons. The lowest BCUT2D eigenvalue weighted by molar-refractivity contribution is 0.0993. The van der Waals surface area contributed by atoms with Crippen LogP contribution in [0.3, 0.4) is 0 Å². The molecule has 2 aromatic carbocycles. The van der Waals surface area contributed by atoms with E-state index in [1.165, 1.54) is 11.8 Å². The number of benzene rings is 2. The van der Waals surface area contributed by atoms with E-state index < -0.39 is 5.91 Å². The fourth-order valence-electron chi connectivity index (χ4n) is 2.80. The highest BCUT2D eigenvalue weighted by atomic mass is 16.3. The van der Waals surface area contributed by atoms with Gasteiger partial charge in [0.2, 0.25) is 0 Å². The van der Waals surface area contributed by atoms with Crippen LogP contribution in [0.15, 0.2) is 60.8 Å². The minimum Gasteiger partial charge on any atom is -0.505 e. The highest BCUT2D eigenvalue weighted by molar-refractivity contribution is 5.96. The van der Waals surface area contributed by atoms with E-state index in [1.54, 1.807) is 6.07 Å². The van der Waals surface area contributed by atoms with Crippen molar-refractivity contribution in [3.05, 3.63) is 83.2 Å². The van der Waals surface area contributed by atoms with Crippen LogP contribution in [0, 0.1) is 11.8 Å². The van der Waals surface area contributed by atoms with Crippen molar-refractivity contribution in [2.75, 3.05) is 14.1 Å². The number of aromatic nitrogens is 1. The van der Waals surface area contributed by atoms with Gasteiger partial charge in [0.15, 0.2) is 11.4 Å². The molecule has 0 saturated carbocycles. The number of nitrogens with zero attached hydrogens (tertiary/aromatic N) is 2. The van der Waals surface area contributed by atoms with Gasteiger partial charge in [-0.05, 0) is 55.6 Å². The second-order valence-corrected chi connectivity index (χ2v) is 6.68. The summed E-state index contributed by atoms with van der Waals surface area (Å²) in [6.45, 7) is 0.897. The number of hydrogen-bond donors (Lipinski definition) is 2. The number of carbonyl (C=O) groups is 1. The molecule has 0 aliphatic rings. The van der Waals surface area contributed by atoms with Crippen molar-refractivity contribution in [1.29, 1.82) is 0 Å². The summed E-state index contributed by atoms with van der Waals surface area (Å²) in [5.41, 5.74) is 9.39. The van der Waals surface area contributed by atoms with Crippen molar-refractivity contribution in [3.8, 4) is 28.7 Å². The summed E-state index contributed by atoms with van der Waals surface area (Å²) in [5, 5.41) is 10.2. The second-order valence-electron chi connectivity index (χ2n) is 6.68. The number of aromatic hydroxyl groups is 1. The fourth-order valence-corrected chi connectivity index (χ4v) is 2.80. The number of primary amides is 1. The number of amides is 1. The molecule has 3 rings (SSSR count). The van der Waals surface area contributed by atoms with Gasteiger partial charge in [0, 0.05) is 29.4 Å². The molecule has 0 atom stereocenters. The second kappa shape index (κ2) is 8.38. The summed E-state index contributed by atoms with van der Waals surface area (Å²) in [6.07, 6.45) is 1.45. The van der Waals surface area contributed by atoms with E-state index in [4.69, 9.17) is 5.73 Å². The third-order valence-electron chi connectivity index (χ3n) is 4.16. The highest BCUT2D eigenvalue weighted by Gasteiger charge is 2.14. The third-order valence-corrected chi connectivity index (χ3v) is 4.16. The van der Waals surface area contributed by atoms with Crippen LogP contribution < -0.4 is 5.73 Å². The van der Waals surface area contributed by atoms with Gasteiger partial charge in [0.05, 0.1) is 0 Å². The molecule has 1 heterocycles. The standard InChI is InChI=1S/C23H21N3O2/c1-26(2)15-18-7-5-16(6-8-18)3-4-17-9-11-19(12-10-17)20-13-14-25-21(22(20)27)23(24)28/h5-14,27H,15H2,1-2H3,(H2,24,28). The number of rotatable bonds is 4. The van der Waals surface area contributed by atoms with E-state index in [9.17, 15) is 9.90 Å². The van der Waals surface area contributed by atoms with Crippen LogP contribution in [-0.2, 0) is 6.54 Å². The molecular formula is C23H21N3O2. The quantitative estimate of drug-likeness (QED) is 0.691. The molecule has 28 heavy (non-hydrogen) atoms. The van der Waals surface area contributed by atoms with Crippen LogP contribution >= 0.6 is 0 Å². The van der Waals surface area contributed by atoms with Gasteiger partial charge < -0.3 is 15.7 Å². The Morgan fingerprint density at radius 1 is 1.00 bits per heavy atom. The van der Waals surface area contributed by atoms with Crippen LogP contribution in [0.2, 0.25) is 0 Å². The van der Waals surface area contributed by atoms with Gasteiger partial charge in [-0.25, -0.2) is 4.98 Å². The Morgan fingerprint density at radius 2 is 1.57 bits per heavy atom. The SMILES string of the molecule is CN(C)Cc1ccc(C#Cc2ccc(-c3ccnc(C(N)=O)c3O)cc2)cc1. The summed E-state index contributed by atoms with van der Waals surface area (Å²) in [4.78, 5) is 17.3. The molecule has 1 aromatic heterocycles. The monoisotopic (exact) mass is 371 g/mol. The summed E-state index contributed by atoms with van der Waals surface area (Å²) < 4.78 is 0. The molecule has 0 unspecified atom stereocenters. The molecule has 3 N–H and O–H groups in total.